The van der Waals surface area contributed by atoms with Crippen LogP contribution in [0.3, 0.4) is 0 Å². The van der Waals surface area contributed by atoms with Crippen LogP contribution in [0.25, 0.3) is 0 Å². The van der Waals surface area contributed by atoms with Crippen molar-refractivity contribution in [2.24, 2.45) is 47.3 Å². The fourth-order valence-corrected chi connectivity index (χ4v) is 7.01. The van der Waals surface area contributed by atoms with Gasteiger partial charge in [-0.15, -0.1) is 0 Å². The van der Waals surface area contributed by atoms with Crippen LogP contribution in [0.2, 0.25) is 0 Å². The molecule has 0 radical (unpaired) electrons. The Morgan fingerprint density at radius 2 is 1.10 bits per heavy atom. The van der Waals surface area contributed by atoms with E-state index in [1.54, 1.807) is 58.4 Å². The van der Waals surface area contributed by atoms with Gasteiger partial charge in [0.15, 0.2) is 0 Å². The number of hydrogen-bond acceptors (Lipinski definition) is 1. The molecule has 116 valence electrons. The summed E-state index contributed by atoms with van der Waals surface area (Å²) < 4.78 is 0. The van der Waals surface area contributed by atoms with E-state index in [1.807, 2.05) is 0 Å². The van der Waals surface area contributed by atoms with Crippen molar-refractivity contribution in [1.29, 1.82) is 0 Å². The van der Waals surface area contributed by atoms with Gasteiger partial charge in [0.25, 0.3) is 0 Å². The van der Waals surface area contributed by atoms with Gasteiger partial charge in [0.2, 0.25) is 0 Å². The van der Waals surface area contributed by atoms with Crippen molar-refractivity contribution in [2.45, 2.75) is 52.4 Å². The smallest absolute Gasteiger partial charge is 0.330 e. The van der Waals surface area contributed by atoms with Crippen LogP contribution in [0.4, 0.5) is 0 Å². The highest BCUT2D eigenvalue weighted by atomic mass is 16.4. The van der Waals surface area contributed by atoms with E-state index < -0.39 is 5.97 Å². The third-order valence-electron chi connectivity index (χ3n) is 7.70. The Bertz CT molecular complexity index is 390. The number of carboxylic acid groups (broad SMARTS) is 1. The zero-order chi connectivity index (χ0) is 14.7. The molecule has 7 fully saturated rings. The SMILES string of the molecule is C1C2CC3C4CC5CC(C14)C(C2)C3C5.CC=C(C)C(=O)O. The molecule has 0 atom stereocenters. The third kappa shape index (κ3) is 2.01. The number of allylic oxidation sites excluding steroid dienone is 1. The van der Waals surface area contributed by atoms with E-state index in [2.05, 4.69) is 0 Å². The number of carbonyl (C=O) groups is 1. The Labute approximate surface area is 128 Å². The van der Waals surface area contributed by atoms with E-state index >= 15 is 0 Å². The minimum Gasteiger partial charge on any atom is -0.478 e. The van der Waals surface area contributed by atoms with Crippen LogP contribution in [0, 0.1) is 47.3 Å². The molecule has 0 unspecified atom stereocenters. The van der Waals surface area contributed by atoms with Gasteiger partial charge in [-0.2, -0.15) is 0 Å². The molecule has 0 aromatic heterocycles. The molecule has 7 aliphatic rings. The summed E-state index contributed by atoms with van der Waals surface area (Å²) in [5, 5.41) is 8.11. The van der Waals surface area contributed by atoms with Gasteiger partial charge >= 0.3 is 5.97 Å². The molecule has 7 rings (SSSR count). The molecular formula is C19H28O2. The largest absolute Gasteiger partial charge is 0.478 e. The van der Waals surface area contributed by atoms with Gasteiger partial charge in [-0.05, 0) is 99.7 Å². The second kappa shape index (κ2) is 4.86. The molecular weight excluding hydrogens is 260 g/mol. The summed E-state index contributed by atoms with van der Waals surface area (Å²) in [4.78, 5) is 9.86. The van der Waals surface area contributed by atoms with Gasteiger partial charge in [-0.25, -0.2) is 4.79 Å². The molecule has 1 N–H and O–H groups in total. The predicted octanol–water partition coefficient (Wildman–Crippen LogP) is 4.36. The number of carboxylic acids is 1. The standard InChI is InChI=1S/C14H20.C5H8O2/c1-7-2-12-10-4-8-5-11(9(1)10)13(3-7)14(12)6-8;1-3-4(2)5(6)7/h7-14H,1-6H2;3H,1-2H3,(H,6,7). The highest BCUT2D eigenvalue weighted by Crippen LogP contribution is 2.71. The minimum absolute atomic E-state index is 0.389. The highest BCUT2D eigenvalue weighted by Gasteiger charge is 2.63. The van der Waals surface area contributed by atoms with E-state index in [4.69, 9.17) is 5.11 Å². The van der Waals surface area contributed by atoms with Gasteiger partial charge in [-0.3, -0.25) is 0 Å². The molecule has 2 nitrogen and oxygen atoms in total. The van der Waals surface area contributed by atoms with Gasteiger partial charge in [0.05, 0.1) is 0 Å². The minimum atomic E-state index is -0.845. The monoisotopic (exact) mass is 288 g/mol. The average Bonchev–Trinajstić information content (AvgIpc) is 2.51. The third-order valence-corrected chi connectivity index (χ3v) is 7.70. The maximum atomic E-state index is 9.86. The maximum Gasteiger partial charge on any atom is 0.330 e. The van der Waals surface area contributed by atoms with Crippen LogP contribution < -0.4 is 0 Å². The first-order valence-corrected chi connectivity index (χ1v) is 8.94. The second-order valence-corrected chi connectivity index (χ2v) is 8.41. The van der Waals surface area contributed by atoms with E-state index in [0.29, 0.717) is 5.57 Å². The van der Waals surface area contributed by atoms with Crippen molar-refractivity contribution >= 4 is 5.97 Å². The summed E-state index contributed by atoms with van der Waals surface area (Å²) in [5.74, 6) is 8.89. The highest BCUT2D eigenvalue weighted by molar-refractivity contribution is 5.85. The number of hydrogen-bond donors (Lipinski definition) is 1. The zero-order valence-electron chi connectivity index (χ0n) is 13.3. The van der Waals surface area contributed by atoms with Gasteiger partial charge in [-0.1, -0.05) is 6.08 Å². The molecule has 2 heteroatoms. The van der Waals surface area contributed by atoms with Crippen molar-refractivity contribution in [3.05, 3.63) is 11.6 Å². The lowest BCUT2D eigenvalue weighted by Gasteiger charge is -2.69. The van der Waals surface area contributed by atoms with E-state index in [9.17, 15) is 4.79 Å². The zero-order valence-corrected chi connectivity index (χ0v) is 13.3. The average molecular weight is 288 g/mol. The van der Waals surface area contributed by atoms with E-state index in [1.165, 1.54) is 47.3 Å². The Balaban J connectivity index is 0.000000144. The van der Waals surface area contributed by atoms with Crippen molar-refractivity contribution in [1.82, 2.24) is 0 Å². The fourth-order valence-electron chi connectivity index (χ4n) is 7.01. The first-order chi connectivity index (χ1) is 10.1. The topological polar surface area (TPSA) is 37.3 Å². The summed E-state index contributed by atoms with van der Waals surface area (Å²) >= 11 is 0. The lowest BCUT2D eigenvalue weighted by atomic mass is 9.36. The molecule has 8 bridgehead atoms. The lowest BCUT2D eigenvalue weighted by Crippen LogP contribution is -2.62. The first kappa shape index (κ1) is 13.8. The Hall–Kier alpha value is -0.790. The molecule has 0 aromatic rings. The Morgan fingerprint density at radius 3 is 1.24 bits per heavy atom. The normalized spacial score (nSPS) is 51.8. The van der Waals surface area contributed by atoms with E-state index in [-0.39, 0.29) is 0 Å². The van der Waals surface area contributed by atoms with Crippen LogP contribution in [-0.2, 0) is 4.79 Å². The summed E-state index contributed by atoms with van der Waals surface area (Å²) in [5.41, 5.74) is 0.389. The van der Waals surface area contributed by atoms with Crippen molar-refractivity contribution in [3.8, 4) is 0 Å². The van der Waals surface area contributed by atoms with Gasteiger partial charge in [0.1, 0.15) is 0 Å². The van der Waals surface area contributed by atoms with Crippen molar-refractivity contribution in [3.63, 3.8) is 0 Å². The summed E-state index contributed by atoms with van der Waals surface area (Å²) in [6.07, 6.45) is 11.5. The van der Waals surface area contributed by atoms with Gasteiger partial charge < -0.3 is 5.11 Å². The molecule has 7 saturated carbocycles. The lowest BCUT2D eigenvalue weighted by molar-refractivity contribution is -0.202. The molecule has 0 saturated heterocycles. The fraction of sp³-hybridized carbons (Fsp3) is 0.842. The molecule has 0 heterocycles. The van der Waals surface area contributed by atoms with Crippen molar-refractivity contribution < 1.29 is 9.90 Å². The molecule has 0 spiro atoms. The molecule has 0 aromatic carbocycles. The number of aliphatic carboxylic acids is 1. The molecule has 21 heavy (non-hydrogen) atoms. The summed E-state index contributed by atoms with van der Waals surface area (Å²) in [7, 11) is 0. The van der Waals surface area contributed by atoms with Crippen LogP contribution >= 0.6 is 0 Å². The second-order valence-electron chi connectivity index (χ2n) is 8.41. The van der Waals surface area contributed by atoms with Crippen LogP contribution in [0.15, 0.2) is 11.6 Å². The molecule has 7 aliphatic carbocycles. The summed E-state index contributed by atoms with van der Waals surface area (Å²) in [6, 6.07) is 0. The van der Waals surface area contributed by atoms with Crippen LogP contribution in [0.5, 0.6) is 0 Å². The van der Waals surface area contributed by atoms with Crippen LogP contribution in [-0.4, -0.2) is 11.1 Å². The van der Waals surface area contributed by atoms with Crippen molar-refractivity contribution in [2.75, 3.05) is 0 Å². The Kier molecular flexibility index (Phi) is 3.20. The first-order valence-electron chi connectivity index (χ1n) is 8.94. The molecule has 0 amide bonds. The predicted molar refractivity (Wildman–Crippen MR) is 82.7 cm³/mol. The molecule has 0 aliphatic heterocycles. The quantitative estimate of drug-likeness (QED) is 0.728. The van der Waals surface area contributed by atoms with E-state index in [0.717, 1.165) is 0 Å². The van der Waals surface area contributed by atoms with Gasteiger partial charge in [0, 0.05) is 5.57 Å². The maximum absolute atomic E-state index is 9.86. The summed E-state index contributed by atoms with van der Waals surface area (Å²) in [6.45, 7) is 3.26. The van der Waals surface area contributed by atoms with Crippen LogP contribution in [0.1, 0.15) is 52.4 Å². The number of rotatable bonds is 1. The Morgan fingerprint density at radius 1 is 0.810 bits per heavy atom.